The number of rotatable bonds is 3. The highest BCUT2D eigenvalue weighted by Crippen LogP contribution is 1.87. The van der Waals surface area contributed by atoms with Crippen molar-refractivity contribution in [1.29, 1.82) is 0 Å². The smallest absolute Gasteiger partial charge is 0.413 e. The molecule has 0 aliphatic rings. The minimum absolute atomic E-state index is 0.0634. The van der Waals surface area contributed by atoms with Crippen LogP contribution in [0.25, 0.3) is 0 Å². The summed E-state index contributed by atoms with van der Waals surface area (Å²) in [7, 11) is 0. The van der Waals surface area contributed by atoms with Gasteiger partial charge in [0, 0.05) is 0 Å². The van der Waals surface area contributed by atoms with Gasteiger partial charge in [-0.05, 0) is 18.6 Å². The van der Waals surface area contributed by atoms with Crippen molar-refractivity contribution in [2.45, 2.75) is 19.8 Å². The molecule has 0 aliphatic heterocycles. The van der Waals surface area contributed by atoms with Crippen LogP contribution in [0.3, 0.4) is 0 Å². The Morgan fingerprint density at radius 3 is 2.82 bits per heavy atom. The van der Waals surface area contributed by atoms with Crippen LogP contribution >= 0.6 is 12.2 Å². The molecule has 0 aromatic heterocycles. The van der Waals surface area contributed by atoms with Gasteiger partial charge in [-0.1, -0.05) is 13.3 Å². The largest absolute Gasteiger partial charge is 0.449 e. The van der Waals surface area contributed by atoms with Crippen molar-refractivity contribution in [3.8, 4) is 0 Å². The lowest BCUT2D eigenvalue weighted by Gasteiger charge is -2.03. The van der Waals surface area contributed by atoms with E-state index in [1.807, 2.05) is 6.92 Å². The van der Waals surface area contributed by atoms with E-state index in [1.54, 1.807) is 0 Å². The molecule has 0 unspecified atom stereocenters. The summed E-state index contributed by atoms with van der Waals surface area (Å²) >= 11 is 4.42. The fourth-order valence-corrected chi connectivity index (χ4v) is 0.529. The number of amides is 1. The van der Waals surface area contributed by atoms with Gasteiger partial charge in [0.1, 0.15) is 0 Å². The highest BCUT2D eigenvalue weighted by molar-refractivity contribution is 7.80. The van der Waals surface area contributed by atoms with E-state index in [0.29, 0.717) is 6.61 Å². The summed E-state index contributed by atoms with van der Waals surface area (Å²) < 4.78 is 4.68. The van der Waals surface area contributed by atoms with Gasteiger partial charge in [-0.25, -0.2) is 4.79 Å². The maximum Gasteiger partial charge on any atom is 0.413 e. The van der Waals surface area contributed by atoms with E-state index in [4.69, 9.17) is 5.73 Å². The van der Waals surface area contributed by atoms with Crippen molar-refractivity contribution in [2.75, 3.05) is 6.61 Å². The van der Waals surface area contributed by atoms with E-state index in [0.717, 1.165) is 12.8 Å². The molecule has 64 valence electrons. The van der Waals surface area contributed by atoms with Gasteiger partial charge in [0.05, 0.1) is 6.61 Å². The van der Waals surface area contributed by atoms with E-state index in [9.17, 15) is 4.79 Å². The van der Waals surface area contributed by atoms with Gasteiger partial charge in [-0.2, -0.15) is 0 Å². The second kappa shape index (κ2) is 5.91. The average Bonchev–Trinajstić information content (AvgIpc) is 1.86. The Balaban J connectivity index is 3.30. The fraction of sp³-hybridized carbons (Fsp3) is 0.667. The predicted octanol–water partition coefficient (Wildman–Crippen LogP) is 0.756. The highest BCUT2D eigenvalue weighted by Gasteiger charge is 2.00. The molecule has 0 saturated heterocycles. The number of carbonyl (C=O) groups excluding carboxylic acids is 1. The number of nitrogens with one attached hydrogen (secondary N) is 1. The van der Waals surface area contributed by atoms with Gasteiger partial charge in [-0.3, -0.25) is 5.32 Å². The highest BCUT2D eigenvalue weighted by atomic mass is 32.1. The quantitative estimate of drug-likeness (QED) is 0.492. The summed E-state index contributed by atoms with van der Waals surface area (Å²) in [5.74, 6) is 0. The second-order valence-electron chi connectivity index (χ2n) is 1.98. The minimum atomic E-state index is -0.578. The van der Waals surface area contributed by atoms with Gasteiger partial charge in [0.2, 0.25) is 0 Å². The molecule has 5 heteroatoms. The Hall–Kier alpha value is -0.840. The molecule has 0 rings (SSSR count). The van der Waals surface area contributed by atoms with E-state index < -0.39 is 6.09 Å². The lowest BCUT2D eigenvalue weighted by atomic mass is 10.4. The zero-order valence-corrected chi connectivity index (χ0v) is 7.24. The van der Waals surface area contributed by atoms with Crippen LogP contribution in [0.5, 0.6) is 0 Å². The van der Waals surface area contributed by atoms with Crippen LogP contribution in [0, 0.1) is 0 Å². The molecule has 0 aromatic carbocycles. The first-order chi connectivity index (χ1) is 5.16. The van der Waals surface area contributed by atoms with Crippen molar-refractivity contribution in [3.05, 3.63) is 0 Å². The van der Waals surface area contributed by atoms with Crippen LogP contribution in [-0.2, 0) is 4.74 Å². The fourth-order valence-electron chi connectivity index (χ4n) is 0.446. The van der Waals surface area contributed by atoms with Gasteiger partial charge < -0.3 is 10.5 Å². The number of unbranched alkanes of at least 4 members (excludes halogenated alkanes) is 1. The Bertz CT molecular complexity index is 150. The van der Waals surface area contributed by atoms with Crippen LogP contribution in [0.2, 0.25) is 0 Å². The van der Waals surface area contributed by atoms with Gasteiger partial charge >= 0.3 is 6.09 Å². The summed E-state index contributed by atoms with van der Waals surface area (Å²) in [6, 6.07) is 0. The van der Waals surface area contributed by atoms with Crippen LogP contribution in [0.1, 0.15) is 19.8 Å². The number of alkyl carbamates (subject to hydrolysis) is 1. The molecule has 0 radical (unpaired) electrons. The molecule has 11 heavy (non-hydrogen) atoms. The number of hydrogen-bond acceptors (Lipinski definition) is 3. The molecule has 3 N–H and O–H groups in total. The summed E-state index contributed by atoms with van der Waals surface area (Å²) in [5.41, 5.74) is 5.02. The van der Waals surface area contributed by atoms with Crippen LogP contribution in [0.4, 0.5) is 4.79 Å². The molecule has 1 amide bonds. The molecule has 0 spiro atoms. The van der Waals surface area contributed by atoms with Crippen molar-refractivity contribution in [2.24, 2.45) is 5.73 Å². The summed E-state index contributed by atoms with van der Waals surface area (Å²) in [6.45, 7) is 2.42. The zero-order valence-electron chi connectivity index (χ0n) is 6.42. The summed E-state index contributed by atoms with van der Waals surface area (Å²) in [4.78, 5) is 10.6. The standard InChI is InChI=1S/C6H12N2O2S/c1-2-3-4-10-6(9)8-5(7)11/h2-4H2,1H3,(H3,7,8,9,11). The second-order valence-corrected chi connectivity index (χ2v) is 2.42. The van der Waals surface area contributed by atoms with Crippen LogP contribution < -0.4 is 11.1 Å². The van der Waals surface area contributed by atoms with Gasteiger partial charge in [0.15, 0.2) is 5.11 Å². The van der Waals surface area contributed by atoms with E-state index >= 15 is 0 Å². The number of nitrogens with two attached hydrogens (primary N) is 1. The molecule has 0 fully saturated rings. The maximum atomic E-state index is 10.6. The Kier molecular flexibility index (Phi) is 5.46. The first-order valence-corrected chi connectivity index (χ1v) is 3.81. The molecule has 4 nitrogen and oxygen atoms in total. The Morgan fingerprint density at radius 2 is 2.36 bits per heavy atom. The maximum absolute atomic E-state index is 10.6. The molecular formula is C6H12N2O2S. The topological polar surface area (TPSA) is 64.3 Å². The number of ether oxygens (including phenoxy) is 1. The molecule has 0 atom stereocenters. The van der Waals surface area contributed by atoms with Crippen molar-refractivity contribution in [3.63, 3.8) is 0 Å². The first kappa shape index (κ1) is 10.2. The molecule has 0 saturated carbocycles. The molecular weight excluding hydrogens is 164 g/mol. The predicted molar refractivity (Wildman–Crippen MR) is 46.2 cm³/mol. The van der Waals surface area contributed by atoms with Gasteiger partial charge in [-0.15, -0.1) is 0 Å². The van der Waals surface area contributed by atoms with Crippen molar-refractivity contribution >= 4 is 23.4 Å². The third-order valence-corrected chi connectivity index (χ3v) is 1.06. The molecule has 0 bridgehead atoms. The Morgan fingerprint density at radius 1 is 1.73 bits per heavy atom. The van der Waals surface area contributed by atoms with Crippen molar-refractivity contribution < 1.29 is 9.53 Å². The molecule has 0 heterocycles. The van der Waals surface area contributed by atoms with Crippen molar-refractivity contribution in [1.82, 2.24) is 5.32 Å². The third kappa shape index (κ3) is 7.05. The third-order valence-electron chi connectivity index (χ3n) is 0.956. The summed E-state index contributed by atoms with van der Waals surface area (Å²) in [6.07, 6.45) is 1.26. The monoisotopic (exact) mass is 176 g/mol. The molecule has 0 aliphatic carbocycles. The van der Waals surface area contributed by atoms with Crippen LogP contribution in [0.15, 0.2) is 0 Å². The molecule has 0 aromatic rings. The number of thiocarbonyl (C=S) groups is 1. The van der Waals surface area contributed by atoms with Gasteiger partial charge in [0.25, 0.3) is 0 Å². The summed E-state index contributed by atoms with van der Waals surface area (Å²) in [5, 5.41) is 2.09. The Labute approximate surface area is 71.1 Å². The first-order valence-electron chi connectivity index (χ1n) is 3.40. The lowest BCUT2D eigenvalue weighted by molar-refractivity contribution is 0.150. The normalized spacial score (nSPS) is 8.82. The van der Waals surface area contributed by atoms with E-state index in [1.165, 1.54) is 0 Å². The minimum Gasteiger partial charge on any atom is -0.449 e. The number of hydrogen-bond donors (Lipinski definition) is 2. The SMILES string of the molecule is CCCCOC(=O)NC(N)=S. The zero-order chi connectivity index (χ0) is 8.69. The average molecular weight is 176 g/mol. The van der Waals surface area contributed by atoms with E-state index in [-0.39, 0.29) is 5.11 Å². The van der Waals surface area contributed by atoms with Crippen LogP contribution in [-0.4, -0.2) is 17.8 Å². The lowest BCUT2D eigenvalue weighted by Crippen LogP contribution is -2.35. The van der Waals surface area contributed by atoms with E-state index in [2.05, 4.69) is 22.3 Å². The number of carbonyl (C=O) groups is 1.